The number of rotatable bonds is 12. The Bertz CT molecular complexity index is 1590. The Morgan fingerprint density at radius 3 is 2.49 bits per heavy atom. The van der Waals surface area contributed by atoms with Crippen molar-refractivity contribution in [2.75, 3.05) is 64.7 Å². The van der Waals surface area contributed by atoms with Crippen LogP contribution in [0.5, 0.6) is 5.75 Å². The summed E-state index contributed by atoms with van der Waals surface area (Å²) in [5.74, 6) is -2.42. The summed E-state index contributed by atoms with van der Waals surface area (Å²) < 4.78 is 66.6. The average molecular weight is 623 g/mol. The minimum absolute atomic E-state index is 0.0790. The number of anilines is 2. The molecule has 0 saturated carbocycles. The number of halogens is 2. The number of fused-ring (bicyclic) bond motifs is 1. The Labute approximate surface area is 247 Å². The summed E-state index contributed by atoms with van der Waals surface area (Å²) in [7, 11) is 0.979. The number of benzene rings is 2. The van der Waals surface area contributed by atoms with Crippen LogP contribution in [-0.4, -0.2) is 98.6 Å². The minimum atomic E-state index is -4.38. The average Bonchev–Trinajstić information content (AvgIpc) is 3.30. The third-order valence-electron chi connectivity index (χ3n) is 6.57. The number of carbonyl (C=O) groups is 2. The molecule has 0 radical (unpaired) electrons. The van der Waals surface area contributed by atoms with Crippen LogP contribution in [0.4, 0.5) is 25.1 Å². The largest absolute Gasteiger partial charge is 0.492 e. The molecule has 1 aromatic heterocycles. The number of amides is 1. The van der Waals surface area contributed by atoms with Crippen molar-refractivity contribution in [3.63, 3.8) is 0 Å². The van der Waals surface area contributed by atoms with Gasteiger partial charge >= 0.3 is 6.09 Å². The first kappa shape index (κ1) is 31.8. The Hall–Kier alpha value is -4.12. The van der Waals surface area contributed by atoms with Crippen LogP contribution in [0, 0.1) is 11.6 Å². The van der Waals surface area contributed by atoms with E-state index in [1.54, 1.807) is 12.1 Å². The van der Waals surface area contributed by atoms with E-state index in [9.17, 15) is 31.9 Å². The van der Waals surface area contributed by atoms with Crippen LogP contribution in [0.2, 0.25) is 0 Å². The number of carboxylic acid groups (broad SMARTS) is 1. The third-order valence-corrected chi connectivity index (χ3v) is 8.40. The fourth-order valence-electron chi connectivity index (χ4n) is 4.45. The predicted molar refractivity (Wildman–Crippen MR) is 152 cm³/mol. The zero-order chi connectivity index (χ0) is 31.3. The molecule has 0 spiro atoms. The van der Waals surface area contributed by atoms with E-state index in [-0.39, 0.29) is 35.6 Å². The number of sulfonamides is 1. The normalized spacial score (nSPS) is 13.5. The molecular formula is C27H32F2N6O7S. The van der Waals surface area contributed by atoms with Gasteiger partial charge in [-0.3, -0.25) is 4.79 Å². The number of nitrogens with zero attached hydrogens (tertiary/aromatic N) is 4. The zero-order valence-corrected chi connectivity index (χ0v) is 24.6. The van der Waals surface area contributed by atoms with Crippen molar-refractivity contribution in [3.05, 3.63) is 64.9 Å². The lowest BCUT2D eigenvalue weighted by atomic mass is 10.1. The predicted octanol–water partition coefficient (Wildman–Crippen LogP) is 2.69. The Kier molecular flexibility index (Phi) is 9.95. The van der Waals surface area contributed by atoms with Crippen molar-refractivity contribution in [2.24, 2.45) is 0 Å². The topological polar surface area (TPSA) is 155 Å². The molecule has 0 atom stereocenters. The lowest BCUT2D eigenvalue weighted by molar-refractivity contribution is 0.102. The summed E-state index contributed by atoms with van der Waals surface area (Å²) in [4.78, 5) is 26.8. The van der Waals surface area contributed by atoms with Crippen molar-refractivity contribution < 1.29 is 41.4 Å². The van der Waals surface area contributed by atoms with Gasteiger partial charge in [-0.1, -0.05) is 0 Å². The van der Waals surface area contributed by atoms with Crippen LogP contribution in [0.3, 0.4) is 0 Å². The maximum atomic E-state index is 13.8. The Morgan fingerprint density at radius 2 is 1.84 bits per heavy atom. The molecule has 0 unspecified atom stereocenters. The second-order valence-electron chi connectivity index (χ2n) is 9.89. The first-order valence-electron chi connectivity index (χ1n) is 13.2. The molecule has 1 aliphatic heterocycles. The zero-order valence-electron chi connectivity index (χ0n) is 23.8. The highest BCUT2D eigenvalue weighted by molar-refractivity contribution is 7.89. The fourth-order valence-corrected chi connectivity index (χ4v) is 5.90. The molecule has 0 bridgehead atoms. The van der Waals surface area contributed by atoms with Crippen molar-refractivity contribution in [1.82, 2.24) is 19.0 Å². The van der Waals surface area contributed by atoms with Crippen molar-refractivity contribution in [3.8, 4) is 5.75 Å². The molecule has 1 amide bonds. The molecule has 1 aliphatic rings. The summed E-state index contributed by atoms with van der Waals surface area (Å²) in [6, 6.07) is 6.75. The molecule has 4 rings (SSSR count). The van der Waals surface area contributed by atoms with E-state index < -0.39 is 45.1 Å². The monoisotopic (exact) mass is 622 g/mol. The van der Waals surface area contributed by atoms with E-state index in [4.69, 9.17) is 9.47 Å². The van der Waals surface area contributed by atoms with Gasteiger partial charge in [-0.25, -0.2) is 22.0 Å². The van der Waals surface area contributed by atoms with Gasteiger partial charge in [0.1, 0.15) is 24.0 Å². The van der Waals surface area contributed by atoms with Gasteiger partial charge in [0.2, 0.25) is 10.0 Å². The maximum absolute atomic E-state index is 13.8. The van der Waals surface area contributed by atoms with Crippen LogP contribution in [0.25, 0.3) is 0 Å². The van der Waals surface area contributed by atoms with Gasteiger partial charge < -0.3 is 30.1 Å². The lowest BCUT2D eigenvalue weighted by Gasteiger charge is -2.26. The smallest absolute Gasteiger partial charge is 0.432 e. The highest BCUT2D eigenvalue weighted by Crippen LogP contribution is 2.31. The van der Waals surface area contributed by atoms with Gasteiger partial charge in [-0.2, -0.15) is 8.99 Å². The van der Waals surface area contributed by atoms with Gasteiger partial charge in [-0.15, -0.1) is 5.10 Å². The van der Waals surface area contributed by atoms with Gasteiger partial charge in [0.25, 0.3) is 5.91 Å². The number of ether oxygens (including phenoxy) is 2. The first-order valence-corrected chi connectivity index (χ1v) is 14.6. The molecule has 3 N–H and O–H groups in total. The van der Waals surface area contributed by atoms with Gasteiger partial charge in [0, 0.05) is 57.4 Å². The number of aromatic nitrogens is 2. The first-order chi connectivity index (χ1) is 20.4. The molecule has 2 aromatic carbocycles. The van der Waals surface area contributed by atoms with Gasteiger partial charge in [0.05, 0.1) is 28.4 Å². The highest BCUT2D eigenvalue weighted by Gasteiger charge is 2.35. The molecule has 43 heavy (non-hydrogen) atoms. The van der Waals surface area contributed by atoms with E-state index in [1.165, 1.54) is 13.2 Å². The molecule has 0 fully saturated rings. The van der Waals surface area contributed by atoms with Crippen LogP contribution in [0.15, 0.2) is 41.3 Å². The third kappa shape index (κ3) is 7.45. The second-order valence-corrected chi connectivity index (χ2v) is 11.8. The van der Waals surface area contributed by atoms with E-state index >= 15 is 0 Å². The van der Waals surface area contributed by atoms with Crippen LogP contribution >= 0.6 is 0 Å². The molecule has 0 saturated heterocycles. The van der Waals surface area contributed by atoms with Crippen LogP contribution in [0.1, 0.15) is 21.6 Å². The number of likely N-dealkylation sites (N-methyl/N-ethyl adjacent to an activating group) is 1. The SMILES string of the molecule is COCCNc1cc(OCCN(C)C)ccc1C(=O)Nc1nn(C(=O)O)c2c1CN(S(=O)(=O)c1cc(F)cc(F)c1)CC2. The lowest BCUT2D eigenvalue weighted by Crippen LogP contribution is -2.37. The van der Waals surface area contributed by atoms with E-state index in [0.717, 1.165) is 4.31 Å². The number of nitrogens with one attached hydrogen (secondary N) is 2. The molecular weight excluding hydrogens is 590 g/mol. The fraction of sp³-hybridized carbons (Fsp3) is 0.370. The molecule has 232 valence electrons. The summed E-state index contributed by atoms with van der Waals surface area (Å²) in [5.41, 5.74) is 0.925. The molecule has 16 heteroatoms. The summed E-state index contributed by atoms with van der Waals surface area (Å²) in [6.45, 7) is 1.24. The second kappa shape index (κ2) is 13.5. The maximum Gasteiger partial charge on any atom is 0.432 e. The Balaban J connectivity index is 1.63. The minimum Gasteiger partial charge on any atom is -0.492 e. The summed E-state index contributed by atoms with van der Waals surface area (Å²) >= 11 is 0. The van der Waals surface area contributed by atoms with E-state index in [2.05, 4.69) is 15.7 Å². The number of carbonyl (C=O) groups excluding carboxylic acids is 1. The van der Waals surface area contributed by atoms with Gasteiger partial charge in [-0.05, 0) is 38.4 Å². The number of methoxy groups -OCH3 is 1. The summed E-state index contributed by atoms with van der Waals surface area (Å²) in [5, 5.41) is 19.5. The Morgan fingerprint density at radius 1 is 1.12 bits per heavy atom. The number of hydrogen-bond acceptors (Lipinski definition) is 9. The number of hydrogen-bond donors (Lipinski definition) is 3. The van der Waals surface area contributed by atoms with Crippen molar-refractivity contribution >= 4 is 33.5 Å². The van der Waals surface area contributed by atoms with Crippen molar-refractivity contribution in [1.29, 1.82) is 0 Å². The molecule has 2 heterocycles. The summed E-state index contributed by atoms with van der Waals surface area (Å²) in [6.07, 6.45) is -1.51. The van der Waals surface area contributed by atoms with Crippen LogP contribution < -0.4 is 15.4 Å². The highest BCUT2D eigenvalue weighted by atomic mass is 32.2. The van der Waals surface area contributed by atoms with E-state index in [1.807, 2.05) is 19.0 Å². The van der Waals surface area contributed by atoms with E-state index in [0.29, 0.717) is 60.6 Å². The standard InChI is InChI=1S/C27H32F2N6O7S/c1-33(2)9-11-42-19-4-5-21(23(15-19)30-7-10-41-3)26(36)31-25-22-16-34(8-6-24(22)35(32-25)27(37)38)43(39,40)20-13-17(28)12-18(29)14-20/h4-5,12-15,30H,6-11,16H2,1-3H3,(H,37,38)(H,31,32,36). The quantitative estimate of drug-likeness (QED) is 0.257. The molecule has 3 aromatic rings. The van der Waals surface area contributed by atoms with Crippen LogP contribution in [-0.2, 0) is 27.7 Å². The van der Waals surface area contributed by atoms with Crippen molar-refractivity contribution in [2.45, 2.75) is 17.9 Å². The molecule has 13 nitrogen and oxygen atoms in total. The molecule has 0 aliphatic carbocycles. The van der Waals surface area contributed by atoms with Gasteiger partial charge in [0.15, 0.2) is 5.82 Å².